The monoisotopic (exact) mass is 361 g/mol. The number of ether oxygens (including phenoxy) is 2. The van der Waals surface area contributed by atoms with E-state index in [-0.39, 0.29) is 5.41 Å². The molecule has 0 fully saturated rings. The van der Waals surface area contributed by atoms with Crippen LogP contribution in [0.2, 0.25) is 0 Å². The fraction of sp³-hybridized carbons (Fsp3) is 0.261. The molecule has 2 heterocycles. The average Bonchev–Trinajstić information content (AvgIpc) is 2.81. The molecule has 4 nitrogen and oxygen atoms in total. The maximum atomic E-state index is 12.1. The SMILES string of the molecule is C=C(C)C(=O)Oc1cccc2c1OC1(C=C2)N(C)c2ccccc2C1(C)C. The summed E-state index contributed by atoms with van der Waals surface area (Å²) in [7, 11) is 2.03. The van der Waals surface area contributed by atoms with E-state index in [1.165, 1.54) is 5.56 Å². The number of carbonyl (C=O) groups is 1. The van der Waals surface area contributed by atoms with Gasteiger partial charge in [-0.1, -0.05) is 36.9 Å². The zero-order valence-electron chi connectivity index (χ0n) is 16.1. The van der Waals surface area contributed by atoms with E-state index in [0.717, 1.165) is 11.3 Å². The molecule has 4 heteroatoms. The summed E-state index contributed by atoms with van der Waals surface area (Å²) in [5, 5.41) is 0. The number of anilines is 1. The van der Waals surface area contributed by atoms with E-state index in [4.69, 9.17) is 9.47 Å². The van der Waals surface area contributed by atoms with Crippen molar-refractivity contribution in [1.29, 1.82) is 0 Å². The number of rotatable bonds is 2. The van der Waals surface area contributed by atoms with E-state index >= 15 is 0 Å². The summed E-state index contributed by atoms with van der Waals surface area (Å²) in [5.41, 5.74) is 2.56. The lowest BCUT2D eigenvalue weighted by Gasteiger charge is -2.46. The first-order valence-corrected chi connectivity index (χ1v) is 9.00. The first-order chi connectivity index (χ1) is 12.8. The number of esters is 1. The Bertz CT molecular complexity index is 989. The number of hydrogen-bond acceptors (Lipinski definition) is 4. The maximum absolute atomic E-state index is 12.1. The van der Waals surface area contributed by atoms with Gasteiger partial charge in [-0.25, -0.2) is 4.79 Å². The minimum atomic E-state index is -0.713. The first kappa shape index (κ1) is 17.4. The van der Waals surface area contributed by atoms with Crippen LogP contribution in [0.1, 0.15) is 31.9 Å². The summed E-state index contributed by atoms with van der Waals surface area (Å²) in [6.07, 6.45) is 4.14. The van der Waals surface area contributed by atoms with Gasteiger partial charge in [-0.2, -0.15) is 0 Å². The Morgan fingerprint density at radius 1 is 1.15 bits per heavy atom. The molecule has 138 valence electrons. The van der Waals surface area contributed by atoms with Crippen LogP contribution in [-0.2, 0) is 10.2 Å². The minimum Gasteiger partial charge on any atom is -0.459 e. The molecule has 1 spiro atoms. The van der Waals surface area contributed by atoms with Gasteiger partial charge in [0.15, 0.2) is 11.5 Å². The second kappa shape index (κ2) is 5.74. The molecule has 4 rings (SSSR count). The largest absolute Gasteiger partial charge is 0.459 e. The molecule has 0 aromatic heterocycles. The zero-order chi connectivity index (χ0) is 19.4. The number of nitrogens with zero attached hydrogens (tertiary/aromatic N) is 1. The molecule has 2 aliphatic rings. The van der Waals surface area contributed by atoms with Gasteiger partial charge in [0.05, 0.1) is 5.41 Å². The summed E-state index contributed by atoms with van der Waals surface area (Å²) in [4.78, 5) is 14.2. The molecule has 1 unspecified atom stereocenters. The van der Waals surface area contributed by atoms with E-state index in [1.54, 1.807) is 13.0 Å². The van der Waals surface area contributed by atoms with Gasteiger partial charge in [0.2, 0.25) is 5.72 Å². The van der Waals surface area contributed by atoms with Crippen molar-refractivity contribution >= 4 is 17.7 Å². The van der Waals surface area contributed by atoms with Crippen molar-refractivity contribution < 1.29 is 14.3 Å². The third-order valence-electron chi connectivity index (χ3n) is 5.64. The molecule has 1 atom stereocenters. The van der Waals surface area contributed by atoms with E-state index in [9.17, 15) is 4.79 Å². The molecule has 0 saturated heterocycles. The number of fused-ring (bicyclic) bond motifs is 2. The second-order valence-corrected chi connectivity index (χ2v) is 7.68. The van der Waals surface area contributed by atoms with Crippen LogP contribution >= 0.6 is 0 Å². The standard InChI is InChI=1S/C23H23NO3/c1-15(2)21(25)26-19-12-8-9-16-13-14-23(27-20(16)19)22(3,4)17-10-6-7-11-18(17)24(23)5/h6-14H,1H2,2-5H3. The minimum absolute atomic E-state index is 0.308. The van der Waals surface area contributed by atoms with Gasteiger partial charge in [-0.3, -0.25) is 0 Å². The third kappa shape index (κ3) is 2.33. The summed E-state index contributed by atoms with van der Waals surface area (Å²) < 4.78 is 12.2. The Kier molecular flexibility index (Phi) is 3.70. The normalized spacial score (nSPS) is 21.4. The second-order valence-electron chi connectivity index (χ2n) is 7.68. The highest BCUT2D eigenvalue weighted by atomic mass is 16.6. The predicted octanol–water partition coefficient (Wildman–Crippen LogP) is 4.70. The molecular weight excluding hydrogens is 338 g/mol. The van der Waals surface area contributed by atoms with E-state index in [1.807, 2.05) is 37.4 Å². The molecule has 2 aromatic rings. The molecule has 0 bridgehead atoms. The molecule has 0 radical (unpaired) electrons. The highest BCUT2D eigenvalue weighted by molar-refractivity contribution is 5.89. The van der Waals surface area contributed by atoms with Crippen LogP contribution in [0.4, 0.5) is 5.69 Å². The topological polar surface area (TPSA) is 38.8 Å². The molecule has 0 aliphatic carbocycles. The van der Waals surface area contributed by atoms with Crippen LogP contribution in [0.3, 0.4) is 0 Å². The summed E-state index contributed by atoms with van der Waals surface area (Å²) in [6, 6.07) is 13.9. The smallest absolute Gasteiger partial charge is 0.338 e. The lowest BCUT2D eigenvalue weighted by Crippen LogP contribution is -2.58. The average molecular weight is 361 g/mol. The Labute approximate surface area is 159 Å². The van der Waals surface area contributed by atoms with Crippen molar-refractivity contribution in [3.8, 4) is 11.5 Å². The van der Waals surface area contributed by atoms with Crippen molar-refractivity contribution in [2.75, 3.05) is 11.9 Å². The fourth-order valence-electron chi connectivity index (χ4n) is 4.03. The van der Waals surface area contributed by atoms with Crippen LogP contribution in [0, 0.1) is 0 Å². The number of para-hydroxylation sites is 2. The molecule has 2 aromatic carbocycles. The van der Waals surface area contributed by atoms with Crippen LogP contribution < -0.4 is 14.4 Å². The molecular formula is C23H23NO3. The van der Waals surface area contributed by atoms with Gasteiger partial charge in [0.1, 0.15) is 0 Å². The van der Waals surface area contributed by atoms with Crippen molar-refractivity contribution in [2.45, 2.75) is 31.9 Å². The summed E-state index contributed by atoms with van der Waals surface area (Å²) >= 11 is 0. The summed E-state index contributed by atoms with van der Waals surface area (Å²) in [6.45, 7) is 9.64. The maximum Gasteiger partial charge on any atom is 0.338 e. The predicted molar refractivity (Wildman–Crippen MR) is 107 cm³/mol. The van der Waals surface area contributed by atoms with Gasteiger partial charge in [-0.15, -0.1) is 0 Å². The molecule has 2 aliphatic heterocycles. The Morgan fingerprint density at radius 3 is 2.59 bits per heavy atom. The van der Waals surface area contributed by atoms with E-state index < -0.39 is 11.7 Å². The van der Waals surface area contributed by atoms with Crippen molar-refractivity contribution in [3.05, 3.63) is 71.8 Å². The molecule has 27 heavy (non-hydrogen) atoms. The van der Waals surface area contributed by atoms with Crippen molar-refractivity contribution in [2.24, 2.45) is 0 Å². The molecule has 0 amide bonds. The fourth-order valence-corrected chi connectivity index (χ4v) is 4.03. The lowest BCUT2D eigenvalue weighted by atomic mass is 9.76. The number of benzene rings is 2. The Morgan fingerprint density at radius 2 is 1.89 bits per heavy atom. The highest BCUT2D eigenvalue weighted by Gasteiger charge is 2.57. The van der Waals surface area contributed by atoms with E-state index in [0.29, 0.717) is 17.1 Å². The number of likely N-dealkylation sites (N-methyl/N-ethyl adjacent to an activating group) is 1. The molecule has 0 N–H and O–H groups in total. The quantitative estimate of drug-likeness (QED) is 0.442. The molecule has 0 saturated carbocycles. The Hall–Kier alpha value is -3.01. The van der Waals surface area contributed by atoms with E-state index in [2.05, 4.69) is 43.5 Å². The van der Waals surface area contributed by atoms with Crippen LogP contribution in [0.5, 0.6) is 11.5 Å². The van der Waals surface area contributed by atoms with Crippen molar-refractivity contribution in [3.63, 3.8) is 0 Å². The zero-order valence-corrected chi connectivity index (χ0v) is 16.1. The van der Waals surface area contributed by atoms with Gasteiger partial charge in [0.25, 0.3) is 0 Å². The number of carbonyl (C=O) groups excluding carboxylic acids is 1. The third-order valence-corrected chi connectivity index (χ3v) is 5.64. The van der Waals surface area contributed by atoms with Crippen LogP contribution in [0.25, 0.3) is 6.08 Å². The van der Waals surface area contributed by atoms with Gasteiger partial charge >= 0.3 is 5.97 Å². The number of hydrogen-bond donors (Lipinski definition) is 0. The van der Waals surface area contributed by atoms with Gasteiger partial charge < -0.3 is 14.4 Å². The lowest BCUT2D eigenvalue weighted by molar-refractivity contribution is -0.130. The first-order valence-electron chi connectivity index (χ1n) is 9.00. The Balaban J connectivity index is 1.82. The van der Waals surface area contributed by atoms with Gasteiger partial charge in [0, 0.05) is 23.9 Å². The van der Waals surface area contributed by atoms with Crippen molar-refractivity contribution in [1.82, 2.24) is 0 Å². The highest BCUT2D eigenvalue weighted by Crippen LogP contribution is 2.55. The summed E-state index contributed by atoms with van der Waals surface area (Å²) in [5.74, 6) is 0.518. The van der Waals surface area contributed by atoms with Crippen LogP contribution in [-0.4, -0.2) is 18.7 Å². The van der Waals surface area contributed by atoms with Crippen LogP contribution in [0.15, 0.2) is 60.7 Å². The van der Waals surface area contributed by atoms with Gasteiger partial charge in [-0.05, 0) is 50.6 Å².